The quantitative estimate of drug-likeness (QED) is 0.441. The van der Waals surface area contributed by atoms with E-state index in [1.54, 1.807) is 24.3 Å². The van der Waals surface area contributed by atoms with Gasteiger partial charge in [-0.2, -0.15) is 0 Å². The molecule has 0 saturated carbocycles. The first-order chi connectivity index (χ1) is 13.4. The molecule has 0 radical (unpaired) electrons. The maximum Gasteiger partial charge on any atom is 0.115 e. The Morgan fingerprint density at radius 1 is 0.484 bits per heavy atom. The number of phenolic OH excluding ortho intramolecular Hbond substituents is 2. The van der Waals surface area contributed by atoms with Crippen molar-refractivity contribution >= 4 is 0 Å². The third-order valence-electron chi connectivity index (χ3n) is 5.24. The van der Waals surface area contributed by atoms with Crippen LogP contribution in [0.3, 0.4) is 0 Å². The molecule has 0 bridgehead atoms. The van der Waals surface area contributed by atoms with Crippen LogP contribution in [0.5, 0.6) is 11.5 Å². The molecule has 0 amide bonds. The van der Waals surface area contributed by atoms with E-state index in [4.69, 9.17) is 0 Å². The molecule has 0 aromatic heterocycles. The topological polar surface area (TPSA) is 40.5 Å². The second-order valence-corrected chi connectivity index (χ2v) is 12.3. The number of aromatic hydroxyl groups is 2. The molecule has 0 aliphatic heterocycles. The fourth-order valence-electron chi connectivity index (χ4n) is 4.68. The van der Waals surface area contributed by atoms with Gasteiger partial charge in [-0.05, 0) is 69.9 Å². The molecule has 2 aromatic rings. The van der Waals surface area contributed by atoms with Gasteiger partial charge in [-0.3, -0.25) is 0 Å². The smallest absolute Gasteiger partial charge is 0.115 e. The van der Waals surface area contributed by atoms with E-state index < -0.39 is 0 Å². The molecule has 0 aliphatic carbocycles. The van der Waals surface area contributed by atoms with Gasteiger partial charge in [-0.1, -0.05) is 93.5 Å². The Hall–Kier alpha value is -1.47. The van der Waals surface area contributed by atoms with Crippen molar-refractivity contribution in [2.24, 2.45) is 10.8 Å². The molecular weight excluding hydrogens is 427 g/mol. The van der Waals surface area contributed by atoms with Gasteiger partial charge < -0.3 is 10.2 Å². The van der Waals surface area contributed by atoms with Crippen LogP contribution in [-0.4, -0.2) is 10.2 Å². The van der Waals surface area contributed by atoms with E-state index in [9.17, 15) is 10.2 Å². The van der Waals surface area contributed by atoms with Crippen molar-refractivity contribution in [1.29, 1.82) is 0 Å². The monoisotopic (exact) mass is 470 g/mol. The summed E-state index contributed by atoms with van der Waals surface area (Å²) in [6, 6.07) is 15.1. The molecular formula is C28H44NiO2. The standard InChI is InChI=1S/2C14H22O.Ni/c2*1-13(2,3)10-14(4,5)11-6-8-12(15)9-7-11;/h2*6-9,15H,10H2,1-5H3;. The molecule has 0 unspecified atom stereocenters. The van der Waals surface area contributed by atoms with E-state index in [-0.39, 0.29) is 27.3 Å². The molecule has 0 aliphatic rings. The minimum atomic E-state index is 0. The van der Waals surface area contributed by atoms with Crippen molar-refractivity contribution in [1.82, 2.24) is 0 Å². The van der Waals surface area contributed by atoms with Crippen LogP contribution in [0, 0.1) is 10.8 Å². The molecule has 0 atom stereocenters. The molecule has 31 heavy (non-hydrogen) atoms. The van der Waals surface area contributed by atoms with Gasteiger partial charge in [-0.15, -0.1) is 0 Å². The van der Waals surface area contributed by atoms with Crippen LogP contribution in [0.15, 0.2) is 48.5 Å². The van der Waals surface area contributed by atoms with Crippen LogP contribution in [-0.2, 0) is 27.3 Å². The van der Waals surface area contributed by atoms with Gasteiger partial charge in [0.25, 0.3) is 0 Å². The average molecular weight is 471 g/mol. The second-order valence-electron chi connectivity index (χ2n) is 12.3. The van der Waals surface area contributed by atoms with Crippen LogP contribution in [0.25, 0.3) is 0 Å². The molecule has 178 valence electrons. The van der Waals surface area contributed by atoms with Crippen molar-refractivity contribution in [3.63, 3.8) is 0 Å². The van der Waals surface area contributed by atoms with Gasteiger partial charge in [0.2, 0.25) is 0 Å². The SMILES string of the molecule is CC(C)(C)CC(C)(C)c1ccc(O)cc1.CC(C)(C)CC(C)(C)c1ccc(O)cc1.[Ni]. The van der Waals surface area contributed by atoms with E-state index in [1.165, 1.54) is 11.1 Å². The molecule has 0 fully saturated rings. The Balaban J connectivity index is 0.000000562. The van der Waals surface area contributed by atoms with Gasteiger partial charge in [-0.25, -0.2) is 0 Å². The summed E-state index contributed by atoms with van der Waals surface area (Å²) in [7, 11) is 0. The summed E-state index contributed by atoms with van der Waals surface area (Å²) in [5.41, 5.74) is 3.53. The molecule has 0 spiro atoms. The number of hydrogen-bond acceptors (Lipinski definition) is 2. The molecule has 0 heterocycles. The third kappa shape index (κ3) is 11.1. The van der Waals surface area contributed by atoms with Gasteiger partial charge in [0.15, 0.2) is 0 Å². The summed E-state index contributed by atoms with van der Waals surface area (Å²) in [6.45, 7) is 22.6. The van der Waals surface area contributed by atoms with E-state index in [1.807, 2.05) is 24.3 Å². The fourth-order valence-corrected chi connectivity index (χ4v) is 4.68. The minimum absolute atomic E-state index is 0. The van der Waals surface area contributed by atoms with Crippen molar-refractivity contribution in [3.05, 3.63) is 59.7 Å². The van der Waals surface area contributed by atoms with Crippen LogP contribution in [0.2, 0.25) is 0 Å². The van der Waals surface area contributed by atoms with Crippen LogP contribution in [0.1, 0.15) is 93.2 Å². The Bertz CT molecular complexity index is 704. The normalized spacial score (nSPS) is 12.5. The van der Waals surface area contributed by atoms with Gasteiger partial charge in [0.05, 0.1) is 0 Å². The van der Waals surface area contributed by atoms with Crippen molar-refractivity contribution in [2.45, 2.75) is 92.9 Å². The zero-order valence-corrected chi connectivity index (χ0v) is 22.2. The van der Waals surface area contributed by atoms with Crippen molar-refractivity contribution < 1.29 is 26.7 Å². The molecule has 2 aromatic carbocycles. The Morgan fingerprint density at radius 2 is 0.710 bits per heavy atom. The summed E-state index contributed by atoms with van der Waals surface area (Å²) >= 11 is 0. The zero-order valence-electron chi connectivity index (χ0n) is 21.2. The summed E-state index contributed by atoms with van der Waals surface area (Å²) in [4.78, 5) is 0. The molecule has 2 rings (SSSR count). The average Bonchev–Trinajstić information content (AvgIpc) is 2.52. The van der Waals surface area contributed by atoms with Crippen LogP contribution >= 0.6 is 0 Å². The molecule has 3 heteroatoms. The first-order valence-electron chi connectivity index (χ1n) is 11.0. The Morgan fingerprint density at radius 3 is 0.903 bits per heavy atom. The van der Waals surface area contributed by atoms with E-state index in [0.717, 1.165) is 12.8 Å². The van der Waals surface area contributed by atoms with Gasteiger partial charge >= 0.3 is 0 Å². The summed E-state index contributed by atoms with van der Waals surface area (Å²) < 4.78 is 0. The first-order valence-corrected chi connectivity index (χ1v) is 11.0. The molecule has 2 nitrogen and oxygen atoms in total. The number of hydrogen-bond donors (Lipinski definition) is 2. The summed E-state index contributed by atoms with van der Waals surface area (Å²) in [5, 5.41) is 18.5. The van der Waals surface area contributed by atoms with E-state index >= 15 is 0 Å². The van der Waals surface area contributed by atoms with Crippen molar-refractivity contribution in [3.8, 4) is 11.5 Å². The minimum Gasteiger partial charge on any atom is -0.508 e. The third-order valence-corrected chi connectivity index (χ3v) is 5.24. The molecule has 2 N–H and O–H groups in total. The predicted molar refractivity (Wildman–Crippen MR) is 130 cm³/mol. The van der Waals surface area contributed by atoms with E-state index in [2.05, 4.69) is 69.2 Å². The largest absolute Gasteiger partial charge is 0.508 e. The van der Waals surface area contributed by atoms with Crippen LogP contribution < -0.4 is 0 Å². The zero-order chi connectivity index (χ0) is 23.4. The molecule has 0 saturated heterocycles. The fraction of sp³-hybridized carbons (Fsp3) is 0.571. The van der Waals surface area contributed by atoms with Gasteiger partial charge in [0.1, 0.15) is 11.5 Å². The predicted octanol–water partition coefficient (Wildman–Crippen LogP) is 8.21. The number of phenols is 2. The van der Waals surface area contributed by atoms with Gasteiger partial charge in [0, 0.05) is 16.5 Å². The van der Waals surface area contributed by atoms with Crippen LogP contribution in [0.4, 0.5) is 0 Å². The maximum atomic E-state index is 9.25. The first kappa shape index (κ1) is 29.5. The summed E-state index contributed by atoms with van der Waals surface area (Å²) in [5.74, 6) is 0.676. The number of rotatable bonds is 4. The van der Waals surface area contributed by atoms with Crippen molar-refractivity contribution in [2.75, 3.05) is 0 Å². The maximum absolute atomic E-state index is 9.25. The Kier molecular flexibility index (Phi) is 10.4. The number of benzene rings is 2. The summed E-state index contributed by atoms with van der Waals surface area (Å²) in [6.07, 6.45) is 2.26. The van der Waals surface area contributed by atoms with E-state index in [0.29, 0.717) is 22.3 Å². The Labute approximate surface area is 201 Å². The second kappa shape index (κ2) is 10.9.